The fourth-order valence-electron chi connectivity index (χ4n) is 2.56. The van der Waals surface area contributed by atoms with Crippen LogP contribution in [0.4, 0.5) is 0 Å². The molecular weight excluding hydrogens is 412 g/mol. The summed E-state index contributed by atoms with van der Waals surface area (Å²) in [6, 6.07) is 7.39. The van der Waals surface area contributed by atoms with Crippen LogP contribution in [0.1, 0.15) is 22.2 Å². The van der Waals surface area contributed by atoms with Crippen LogP contribution in [0, 0.1) is 28.6 Å². The van der Waals surface area contributed by atoms with Crippen LogP contribution in [0.2, 0.25) is 5.15 Å². The molecule has 0 aromatic carbocycles. The number of hydrogen-bond acceptors (Lipinski definition) is 8. The molecule has 0 unspecified atom stereocenters. The molecular formula is C20H19ClN4O3S. The molecule has 7 nitrogen and oxygen atoms in total. The molecule has 9 heteroatoms. The summed E-state index contributed by atoms with van der Waals surface area (Å²) in [5.74, 6) is 1.36. The fourth-order valence-corrected chi connectivity index (χ4v) is 3.87. The predicted octanol–water partition coefficient (Wildman–Crippen LogP) is 3.69. The number of halogens is 1. The van der Waals surface area contributed by atoms with Gasteiger partial charge in [-0.15, -0.1) is 11.8 Å². The lowest BCUT2D eigenvalue weighted by Gasteiger charge is -2.25. The molecule has 1 fully saturated rings. The van der Waals surface area contributed by atoms with Crippen molar-refractivity contribution in [3.05, 3.63) is 34.6 Å². The lowest BCUT2D eigenvalue weighted by atomic mass is 9.99. The van der Waals surface area contributed by atoms with E-state index in [1.165, 1.54) is 18.0 Å². The molecule has 1 aliphatic rings. The van der Waals surface area contributed by atoms with Gasteiger partial charge in [0.15, 0.2) is 0 Å². The van der Waals surface area contributed by atoms with Crippen LogP contribution in [0.3, 0.4) is 0 Å². The Hall–Kier alpha value is -2.36. The second kappa shape index (κ2) is 9.91. The number of pyridine rings is 2. The van der Waals surface area contributed by atoms with Gasteiger partial charge >= 0.3 is 0 Å². The minimum absolute atomic E-state index is 0.00954. The highest BCUT2D eigenvalue weighted by Gasteiger charge is 2.24. The Morgan fingerprint density at radius 3 is 2.76 bits per heavy atom. The maximum Gasteiger partial charge on any atom is 0.213 e. The molecule has 150 valence electrons. The number of thioether (sulfide) groups is 1. The molecule has 0 radical (unpaired) electrons. The average Bonchev–Trinajstić information content (AvgIpc) is 2.70. The smallest absolute Gasteiger partial charge is 0.213 e. The van der Waals surface area contributed by atoms with Crippen molar-refractivity contribution in [2.75, 3.05) is 32.6 Å². The van der Waals surface area contributed by atoms with E-state index in [0.29, 0.717) is 35.3 Å². The van der Waals surface area contributed by atoms with Crippen molar-refractivity contribution >= 4 is 23.4 Å². The van der Waals surface area contributed by atoms with Gasteiger partial charge in [0.1, 0.15) is 28.9 Å². The summed E-state index contributed by atoms with van der Waals surface area (Å²) >= 11 is 7.66. The second-order valence-corrected chi connectivity index (χ2v) is 7.76. The van der Waals surface area contributed by atoms with E-state index in [1.807, 2.05) is 6.07 Å². The lowest BCUT2D eigenvalue weighted by molar-refractivity contribution is -0.0196. The maximum atomic E-state index is 9.82. The monoisotopic (exact) mass is 433 g/mol. The zero-order valence-electron chi connectivity index (χ0n) is 18.5. The van der Waals surface area contributed by atoms with Crippen molar-refractivity contribution in [1.29, 1.82) is 10.5 Å². The Morgan fingerprint density at radius 1 is 1.38 bits per heavy atom. The van der Waals surface area contributed by atoms with Crippen LogP contribution in [-0.2, 0) is 9.47 Å². The normalized spacial score (nSPS) is 16.5. The summed E-state index contributed by atoms with van der Waals surface area (Å²) in [6.07, 6.45) is 0.797. The number of rotatable bonds is 8. The number of methoxy groups -OCH3 is 1. The van der Waals surface area contributed by atoms with Crippen molar-refractivity contribution in [2.24, 2.45) is 5.92 Å². The van der Waals surface area contributed by atoms with Crippen molar-refractivity contribution < 1.29 is 18.3 Å². The van der Waals surface area contributed by atoms with Gasteiger partial charge in [0.05, 0.1) is 34.6 Å². The second-order valence-electron chi connectivity index (χ2n) is 6.40. The molecule has 1 saturated heterocycles. The van der Waals surface area contributed by atoms with Crippen LogP contribution < -0.4 is 4.74 Å². The largest absolute Gasteiger partial charge is 0.475 e. The van der Waals surface area contributed by atoms with E-state index in [0.717, 1.165) is 5.75 Å². The Morgan fingerprint density at radius 2 is 2.17 bits per heavy atom. The van der Waals surface area contributed by atoms with Gasteiger partial charge < -0.3 is 14.2 Å². The number of hydrogen-bond donors (Lipinski definition) is 0. The third kappa shape index (κ3) is 4.98. The highest BCUT2D eigenvalue weighted by atomic mass is 35.5. The van der Waals surface area contributed by atoms with E-state index in [-0.39, 0.29) is 28.8 Å². The fraction of sp³-hybridized carbons (Fsp3) is 0.400. The Bertz CT molecular complexity index is 1050. The Kier molecular flexibility index (Phi) is 5.98. The summed E-state index contributed by atoms with van der Waals surface area (Å²) in [5.41, 5.74) is 1.22. The molecule has 29 heavy (non-hydrogen) atoms. The quantitative estimate of drug-likeness (QED) is 0.458. The number of nitrogens with zero attached hydrogens (tertiary/aromatic N) is 4. The zero-order chi connectivity index (χ0) is 23.3. The maximum absolute atomic E-state index is 9.82. The number of nitriles is 2. The highest BCUT2D eigenvalue weighted by molar-refractivity contribution is 7.99. The van der Waals surface area contributed by atoms with Crippen LogP contribution >= 0.6 is 23.4 Å². The summed E-state index contributed by atoms with van der Waals surface area (Å²) < 4.78 is 36.8. The zero-order valence-corrected chi connectivity index (χ0v) is 17.1. The van der Waals surface area contributed by atoms with Crippen molar-refractivity contribution in [1.82, 2.24) is 9.97 Å². The highest BCUT2D eigenvalue weighted by Crippen LogP contribution is 2.37. The van der Waals surface area contributed by atoms with Crippen LogP contribution in [-0.4, -0.2) is 48.7 Å². The first-order valence-electron chi connectivity index (χ1n) is 10.2. The van der Waals surface area contributed by atoms with Gasteiger partial charge in [0.2, 0.25) is 5.88 Å². The van der Waals surface area contributed by atoms with Gasteiger partial charge in [0, 0.05) is 42.1 Å². The molecule has 1 atom stereocenters. The first-order chi connectivity index (χ1) is 15.2. The van der Waals surface area contributed by atoms with Crippen molar-refractivity contribution in [3.8, 4) is 29.1 Å². The van der Waals surface area contributed by atoms with E-state index in [4.69, 9.17) is 29.9 Å². The summed E-state index contributed by atoms with van der Waals surface area (Å²) in [4.78, 5) is 8.47. The average molecular weight is 434 g/mol. The van der Waals surface area contributed by atoms with E-state index in [9.17, 15) is 10.5 Å². The molecule has 0 bridgehead atoms. The first-order valence-corrected chi connectivity index (χ1v) is 10.1. The Labute approximate surface area is 182 Å². The van der Waals surface area contributed by atoms with Crippen molar-refractivity contribution in [3.63, 3.8) is 0 Å². The van der Waals surface area contributed by atoms with Gasteiger partial charge in [-0.3, -0.25) is 0 Å². The topological polar surface area (TPSA) is 101 Å². The predicted molar refractivity (Wildman–Crippen MR) is 109 cm³/mol. The number of aromatic nitrogens is 2. The molecule has 0 saturated carbocycles. The van der Waals surface area contributed by atoms with Crippen LogP contribution in [0.5, 0.6) is 5.88 Å². The van der Waals surface area contributed by atoms with Crippen LogP contribution in [0.15, 0.2) is 23.4 Å². The summed E-state index contributed by atoms with van der Waals surface area (Å²) in [7, 11) is -2.51. The molecule has 0 spiro atoms. The van der Waals surface area contributed by atoms with Crippen molar-refractivity contribution in [2.45, 2.75) is 18.1 Å². The molecule has 2 aromatic heterocycles. The minimum Gasteiger partial charge on any atom is -0.475 e. The van der Waals surface area contributed by atoms with Gasteiger partial charge in [-0.05, 0) is 13.0 Å². The van der Waals surface area contributed by atoms with Crippen LogP contribution in [0.25, 0.3) is 11.1 Å². The molecule has 3 heterocycles. The third-order valence-corrected chi connectivity index (χ3v) is 5.68. The molecule has 1 aliphatic heterocycles. The first kappa shape index (κ1) is 17.5. The summed E-state index contributed by atoms with van der Waals surface area (Å²) in [6.45, 7) is 2.91. The molecule has 0 aliphatic carbocycles. The Balaban J connectivity index is 1.83. The molecule has 2 aromatic rings. The van der Waals surface area contributed by atoms with Gasteiger partial charge in [-0.25, -0.2) is 9.97 Å². The van der Waals surface area contributed by atoms with Gasteiger partial charge in [-0.1, -0.05) is 11.6 Å². The van der Waals surface area contributed by atoms with E-state index in [2.05, 4.69) is 16.0 Å². The van der Waals surface area contributed by atoms with Gasteiger partial charge in [0.25, 0.3) is 0 Å². The molecule has 0 N–H and O–H groups in total. The molecule has 0 amide bonds. The standard InChI is InChI=1S/C20H19ClN4O3S/c1-12(26-2)8-28-17-4-3-14(7-24-17)18-15(5-22)19(21)25-20(16(18)6-23)29-11-13-9-27-10-13/h3-4,7,12-13H,8-11H2,1-2H3/t12-/m1/s1/i2D3. The SMILES string of the molecule is [2H]C([2H])([2H])O[C@H](C)COc1ccc(-c2c(C#N)c(Cl)nc(SCC3COC3)c2C#N)cn1. The van der Waals surface area contributed by atoms with E-state index in [1.54, 1.807) is 19.1 Å². The number of ether oxygens (including phenoxy) is 3. The lowest BCUT2D eigenvalue weighted by Crippen LogP contribution is -2.29. The molecule has 3 rings (SSSR count). The third-order valence-electron chi connectivity index (χ3n) is 4.20. The van der Waals surface area contributed by atoms with E-state index >= 15 is 0 Å². The van der Waals surface area contributed by atoms with E-state index < -0.39 is 13.1 Å². The summed E-state index contributed by atoms with van der Waals surface area (Å²) in [5, 5.41) is 19.9. The minimum atomic E-state index is -2.51. The van der Waals surface area contributed by atoms with Gasteiger partial charge in [-0.2, -0.15) is 10.5 Å².